The first-order chi connectivity index (χ1) is 17.0. The minimum atomic E-state index is -4.68. The van der Waals surface area contributed by atoms with E-state index in [9.17, 15) is 31.9 Å². The van der Waals surface area contributed by atoms with Crippen molar-refractivity contribution in [1.82, 2.24) is 0 Å². The quantitative estimate of drug-likeness (QED) is 0.392. The Kier molecular flexibility index (Phi) is 8.75. The molecule has 36 heavy (non-hydrogen) atoms. The largest absolute Gasteiger partial charge is 0.508 e. The molecule has 3 atom stereocenters. The Balaban J connectivity index is 1.92. The molecule has 7 nitrogen and oxygen atoms in total. The second kappa shape index (κ2) is 11.4. The number of carbonyl (C=O) groups excluding carboxylic acids is 1. The Morgan fingerprint density at radius 1 is 1.11 bits per heavy atom. The lowest BCUT2D eigenvalue weighted by molar-refractivity contribution is -0.383. The highest BCUT2D eigenvalue weighted by atomic mass is 19.4. The van der Waals surface area contributed by atoms with Crippen LogP contribution in [0.4, 0.5) is 26.7 Å². The van der Waals surface area contributed by atoms with E-state index in [-0.39, 0.29) is 24.2 Å². The van der Waals surface area contributed by atoms with Gasteiger partial charge in [-0.15, -0.1) is 0 Å². The second-order valence-corrected chi connectivity index (χ2v) is 7.88. The maximum atomic E-state index is 14.4. The van der Waals surface area contributed by atoms with Crippen LogP contribution in [0.1, 0.15) is 35.3 Å². The SMILES string of the molecule is CCOC(=O)OCC1OC(c2ccc(C(F)(F)F)c(Cc3ccc(OC)cc3)c2)C(CO)OC1(F)F. The summed E-state index contributed by atoms with van der Waals surface area (Å²) in [5.74, 6) is 0.527. The highest BCUT2D eigenvalue weighted by Gasteiger charge is 2.53. The van der Waals surface area contributed by atoms with Gasteiger partial charge < -0.3 is 28.8 Å². The number of methoxy groups -OCH3 is 1. The van der Waals surface area contributed by atoms with Crippen molar-refractivity contribution in [2.24, 2.45) is 0 Å². The number of ether oxygens (including phenoxy) is 5. The highest BCUT2D eigenvalue weighted by Crippen LogP contribution is 2.41. The van der Waals surface area contributed by atoms with Crippen molar-refractivity contribution in [2.45, 2.75) is 43.9 Å². The third-order valence-electron chi connectivity index (χ3n) is 5.44. The van der Waals surface area contributed by atoms with Gasteiger partial charge in [0.25, 0.3) is 0 Å². The predicted molar refractivity (Wildman–Crippen MR) is 115 cm³/mol. The highest BCUT2D eigenvalue weighted by molar-refractivity contribution is 5.59. The van der Waals surface area contributed by atoms with Crippen LogP contribution in [0.5, 0.6) is 5.75 Å². The average Bonchev–Trinajstić information content (AvgIpc) is 2.82. The number of aliphatic hydroxyl groups is 1. The lowest BCUT2D eigenvalue weighted by atomic mass is 9.93. The van der Waals surface area contributed by atoms with E-state index >= 15 is 0 Å². The van der Waals surface area contributed by atoms with Crippen LogP contribution in [0, 0.1) is 0 Å². The minimum Gasteiger partial charge on any atom is -0.497 e. The average molecular weight is 520 g/mol. The third kappa shape index (κ3) is 6.62. The fraction of sp³-hybridized carbons (Fsp3) is 0.458. The normalized spacial score (nSPS) is 21.6. The fourth-order valence-electron chi connectivity index (χ4n) is 3.73. The first-order valence-electron chi connectivity index (χ1n) is 10.9. The summed E-state index contributed by atoms with van der Waals surface area (Å²) in [7, 11) is 1.46. The molecule has 1 aliphatic rings. The number of hydrogen-bond acceptors (Lipinski definition) is 7. The molecule has 1 heterocycles. The zero-order chi connectivity index (χ0) is 26.5. The predicted octanol–water partition coefficient (Wildman–Crippen LogP) is 4.89. The van der Waals surface area contributed by atoms with Gasteiger partial charge in [-0.25, -0.2) is 4.79 Å². The Labute approximate surface area is 203 Å². The molecular formula is C24H25F5O7. The molecule has 3 rings (SSSR count). The van der Waals surface area contributed by atoms with Crippen molar-refractivity contribution in [2.75, 3.05) is 26.9 Å². The molecule has 2 aromatic carbocycles. The lowest BCUT2D eigenvalue weighted by Gasteiger charge is -2.40. The van der Waals surface area contributed by atoms with Gasteiger partial charge in [0.05, 0.1) is 25.9 Å². The molecule has 0 spiro atoms. The number of rotatable bonds is 8. The van der Waals surface area contributed by atoms with Gasteiger partial charge >= 0.3 is 18.4 Å². The van der Waals surface area contributed by atoms with Crippen LogP contribution in [-0.2, 0) is 31.5 Å². The van der Waals surface area contributed by atoms with E-state index in [0.717, 1.165) is 12.1 Å². The van der Waals surface area contributed by atoms with Crippen molar-refractivity contribution >= 4 is 6.16 Å². The number of halogens is 5. The van der Waals surface area contributed by atoms with Gasteiger partial charge in [0.2, 0.25) is 0 Å². The molecule has 12 heteroatoms. The van der Waals surface area contributed by atoms with Crippen molar-refractivity contribution in [3.05, 3.63) is 64.7 Å². The fourth-order valence-corrected chi connectivity index (χ4v) is 3.73. The van der Waals surface area contributed by atoms with Crippen LogP contribution in [0.15, 0.2) is 42.5 Å². The van der Waals surface area contributed by atoms with Gasteiger partial charge in [-0.05, 0) is 48.2 Å². The molecular weight excluding hydrogens is 495 g/mol. The summed E-state index contributed by atoms with van der Waals surface area (Å²) < 4.78 is 94.3. The van der Waals surface area contributed by atoms with Crippen LogP contribution >= 0.6 is 0 Å². The van der Waals surface area contributed by atoms with E-state index in [4.69, 9.17) is 14.2 Å². The van der Waals surface area contributed by atoms with E-state index < -0.39 is 55.5 Å². The standard InChI is InChI=1S/C24H25F5O7/c1-3-33-22(31)34-13-20-24(28,29)36-19(12-30)21(35-20)15-6-9-18(23(25,26)27)16(11-15)10-14-4-7-17(32-2)8-5-14/h4-9,11,19-21,30H,3,10,12-13H2,1-2H3. The second-order valence-electron chi connectivity index (χ2n) is 7.88. The van der Waals surface area contributed by atoms with E-state index in [1.54, 1.807) is 24.3 Å². The molecule has 0 radical (unpaired) electrons. The number of alkyl halides is 5. The van der Waals surface area contributed by atoms with E-state index in [1.807, 2.05) is 0 Å². The van der Waals surface area contributed by atoms with Gasteiger partial charge in [-0.3, -0.25) is 0 Å². The van der Waals surface area contributed by atoms with E-state index in [2.05, 4.69) is 9.47 Å². The van der Waals surface area contributed by atoms with E-state index in [0.29, 0.717) is 11.3 Å². The number of hydrogen-bond donors (Lipinski definition) is 1. The van der Waals surface area contributed by atoms with Crippen molar-refractivity contribution in [1.29, 1.82) is 0 Å². The zero-order valence-electron chi connectivity index (χ0n) is 19.4. The van der Waals surface area contributed by atoms with Gasteiger partial charge in [0, 0.05) is 0 Å². The molecule has 1 fully saturated rings. The lowest BCUT2D eigenvalue weighted by Crippen LogP contribution is -2.53. The van der Waals surface area contributed by atoms with Gasteiger partial charge in [0.1, 0.15) is 24.6 Å². The van der Waals surface area contributed by atoms with Crippen LogP contribution in [0.25, 0.3) is 0 Å². The van der Waals surface area contributed by atoms with Crippen LogP contribution in [0.3, 0.4) is 0 Å². The number of carbonyl (C=O) groups is 1. The summed E-state index contributed by atoms with van der Waals surface area (Å²) in [5.41, 5.74) is -0.429. The molecule has 0 bridgehead atoms. The monoisotopic (exact) mass is 520 g/mol. The molecule has 0 amide bonds. The molecule has 2 aromatic rings. The maximum Gasteiger partial charge on any atom is 0.508 e. The number of aliphatic hydroxyl groups excluding tert-OH is 1. The van der Waals surface area contributed by atoms with Gasteiger partial charge in [0.15, 0.2) is 6.10 Å². The Morgan fingerprint density at radius 2 is 1.81 bits per heavy atom. The summed E-state index contributed by atoms with van der Waals surface area (Å²) in [6.45, 7) is -0.401. The summed E-state index contributed by atoms with van der Waals surface area (Å²) in [6, 6.07) is 9.48. The van der Waals surface area contributed by atoms with Crippen LogP contribution in [-0.4, -0.2) is 56.5 Å². The first-order valence-corrected chi connectivity index (χ1v) is 10.9. The topological polar surface area (TPSA) is 83.5 Å². The Morgan fingerprint density at radius 3 is 2.39 bits per heavy atom. The van der Waals surface area contributed by atoms with Gasteiger partial charge in [-0.1, -0.05) is 24.3 Å². The zero-order valence-corrected chi connectivity index (χ0v) is 19.4. The summed E-state index contributed by atoms with van der Waals surface area (Å²) in [5, 5.41) is 9.63. The van der Waals surface area contributed by atoms with Crippen molar-refractivity contribution in [3.63, 3.8) is 0 Å². The molecule has 0 aromatic heterocycles. The van der Waals surface area contributed by atoms with E-state index in [1.165, 1.54) is 20.1 Å². The molecule has 198 valence electrons. The molecule has 0 saturated carbocycles. The van der Waals surface area contributed by atoms with Gasteiger partial charge in [-0.2, -0.15) is 22.0 Å². The molecule has 1 aliphatic heterocycles. The first kappa shape index (κ1) is 27.6. The molecule has 0 aliphatic carbocycles. The van der Waals surface area contributed by atoms with Crippen LogP contribution < -0.4 is 4.74 Å². The maximum absolute atomic E-state index is 14.4. The van der Waals surface area contributed by atoms with Crippen molar-refractivity contribution < 1.29 is 55.5 Å². The summed E-state index contributed by atoms with van der Waals surface area (Å²) >= 11 is 0. The minimum absolute atomic E-state index is 0.0466. The van der Waals surface area contributed by atoms with Crippen LogP contribution in [0.2, 0.25) is 0 Å². The molecule has 1 saturated heterocycles. The smallest absolute Gasteiger partial charge is 0.497 e. The Hall–Kier alpha value is -2.96. The number of benzene rings is 2. The summed E-state index contributed by atoms with van der Waals surface area (Å²) in [6.07, 6.45) is -15.0. The third-order valence-corrected chi connectivity index (χ3v) is 5.44. The summed E-state index contributed by atoms with van der Waals surface area (Å²) in [4.78, 5) is 11.4. The molecule has 1 N–H and O–H groups in total. The molecule has 3 unspecified atom stereocenters. The van der Waals surface area contributed by atoms with Crippen molar-refractivity contribution in [3.8, 4) is 5.75 Å². The Bertz CT molecular complexity index is 1030.